The Kier molecular flexibility index (Phi) is 2.68. The monoisotopic (exact) mass is 221 g/mol. The second-order valence-electron chi connectivity index (χ2n) is 3.90. The van der Waals surface area contributed by atoms with Crippen molar-refractivity contribution in [2.45, 2.75) is 18.8 Å². The van der Waals surface area contributed by atoms with Gasteiger partial charge >= 0.3 is 0 Å². The molecule has 2 aliphatic rings. The Bertz CT molecular complexity index is 233. The van der Waals surface area contributed by atoms with Crippen molar-refractivity contribution in [2.75, 3.05) is 24.6 Å². The van der Waals surface area contributed by atoms with Crippen LogP contribution in [0.15, 0.2) is 0 Å². The zero-order valence-electron chi connectivity index (χ0n) is 7.84. The molecule has 1 aliphatic heterocycles. The highest BCUT2D eigenvalue weighted by molar-refractivity contribution is 7.99. The van der Waals surface area contributed by atoms with E-state index in [0.717, 1.165) is 24.6 Å². The van der Waals surface area contributed by atoms with Crippen LogP contribution in [0.1, 0.15) is 12.8 Å². The Balaban J connectivity index is 1.84. The quantitative estimate of drug-likeness (QED) is 0.670. The highest BCUT2D eigenvalue weighted by Gasteiger charge is 2.49. The van der Waals surface area contributed by atoms with Gasteiger partial charge in [0.15, 0.2) is 0 Å². The van der Waals surface area contributed by atoms with Crippen molar-refractivity contribution in [1.29, 1.82) is 0 Å². The molecule has 2 fully saturated rings. The first-order valence-corrected chi connectivity index (χ1v) is 5.98. The van der Waals surface area contributed by atoms with E-state index < -0.39 is 11.8 Å². The molecule has 0 unspecified atom stereocenters. The number of amides is 1. The molecule has 0 N–H and O–H groups in total. The number of rotatable bonds is 1. The molecule has 0 aromatic carbocycles. The van der Waals surface area contributed by atoms with E-state index in [2.05, 4.69) is 0 Å². The van der Waals surface area contributed by atoms with E-state index in [1.807, 2.05) is 11.8 Å². The van der Waals surface area contributed by atoms with Crippen LogP contribution < -0.4 is 0 Å². The summed E-state index contributed by atoms with van der Waals surface area (Å²) in [6.07, 6.45) is -0.481. The summed E-state index contributed by atoms with van der Waals surface area (Å²) in [5, 5.41) is 0. The molecular weight excluding hydrogens is 208 g/mol. The third kappa shape index (κ3) is 2.02. The number of carbonyl (C=O) groups excluding carboxylic acids is 1. The third-order valence-corrected chi connectivity index (χ3v) is 3.70. The standard InChI is InChI=1S/C9H13F2NOS/c10-9(11)5-7(6-9)8(13)12-1-3-14-4-2-12/h7H,1-6H2. The molecule has 1 amide bonds. The number of alkyl halides is 2. The van der Waals surface area contributed by atoms with Gasteiger partial charge in [0, 0.05) is 43.4 Å². The van der Waals surface area contributed by atoms with Crippen LogP contribution in [0.5, 0.6) is 0 Å². The Morgan fingerprint density at radius 1 is 1.29 bits per heavy atom. The second-order valence-corrected chi connectivity index (χ2v) is 5.12. The fraction of sp³-hybridized carbons (Fsp3) is 0.889. The average molecular weight is 221 g/mol. The Hall–Kier alpha value is -0.320. The Labute approximate surface area is 86.0 Å². The fourth-order valence-electron chi connectivity index (χ4n) is 1.88. The summed E-state index contributed by atoms with van der Waals surface area (Å²) in [7, 11) is 0. The molecule has 1 saturated carbocycles. The summed E-state index contributed by atoms with van der Waals surface area (Å²) < 4.78 is 25.1. The maximum absolute atomic E-state index is 12.5. The predicted octanol–water partition coefficient (Wildman–Crippen LogP) is 1.61. The van der Waals surface area contributed by atoms with Gasteiger partial charge in [-0.1, -0.05) is 0 Å². The molecule has 80 valence electrons. The second kappa shape index (κ2) is 3.68. The fourth-order valence-corrected chi connectivity index (χ4v) is 2.78. The van der Waals surface area contributed by atoms with Gasteiger partial charge in [-0.05, 0) is 0 Å². The van der Waals surface area contributed by atoms with Gasteiger partial charge in [-0.2, -0.15) is 11.8 Å². The molecule has 2 rings (SSSR count). The lowest BCUT2D eigenvalue weighted by atomic mass is 9.80. The van der Waals surface area contributed by atoms with Crippen molar-refractivity contribution < 1.29 is 13.6 Å². The molecule has 14 heavy (non-hydrogen) atoms. The highest BCUT2D eigenvalue weighted by atomic mass is 32.2. The first kappa shape index (κ1) is 10.2. The van der Waals surface area contributed by atoms with Crippen LogP contribution in [0, 0.1) is 5.92 Å². The molecule has 0 aromatic rings. The number of halogens is 2. The van der Waals surface area contributed by atoms with Crippen molar-refractivity contribution in [3.05, 3.63) is 0 Å². The van der Waals surface area contributed by atoms with Crippen molar-refractivity contribution >= 4 is 17.7 Å². The SMILES string of the molecule is O=C(C1CC(F)(F)C1)N1CCSCC1. The molecule has 2 nitrogen and oxygen atoms in total. The lowest BCUT2D eigenvalue weighted by Crippen LogP contribution is -2.49. The zero-order valence-corrected chi connectivity index (χ0v) is 8.66. The number of hydrogen-bond acceptors (Lipinski definition) is 2. The largest absolute Gasteiger partial charge is 0.341 e. The van der Waals surface area contributed by atoms with Crippen molar-refractivity contribution in [3.63, 3.8) is 0 Å². The summed E-state index contributed by atoms with van der Waals surface area (Å²) in [6.45, 7) is 1.46. The number of carbonyl (C=O) groups is 1. The summed E-state index contributed by atoms with van der Waals surface area (Å²) in [5.41, 5.74) is 0. The maximum Gasteiger partial charge on any atom is 0.249 e. The minimum atomic E-state index is -2.58. The molecule has 0 bridgehead atoms. The third-order valence-electron chi connectivity index (χ3n) is 2.76. The number of hydrogen-bond donors (Lipinski definition) is 0. The van der Waals surface area contributed by atoms with Gasteiger partial charge in [0.1, 0.15) is 0 Å². The van der Waals surface area contributed by atoms with E-state index in [1.165, 1.54) is 0 Å². The van der Waals surface area contributed by atoms with Gasteiger partial charge in [-0.3, -0.25) is 4.79 Å². The van der Waals surface area contributed by atoms with Crippen molar-refractivity contribution in [2.24, 2.45) is 5.92 Å². The summed E-state index contributed by atoms with van der Waals surface area (Å²) >= 11 is 1.81. The van der Waals surface area contributed by atoms with Crippen LogP contribution >= 0.6 is 11.8 Å². The van der Waals surface area contributed by atoms with Gasteiger partial charge < -0.3 is 4.90 Å². The first-order chi connectivity index (χ1) is 6.58. The van der Waals surface area contributed by atoms with Crippen LogP contribution in [-0.4, -0.2) is 41.3 Å². The molecule has 1 aliphatic carbocycles. The molecule has 0 radical (unpaired) electrons. The Morgan fingerprint density at radius 2 is 1.86 bits per heavy atom. The van der Waals surface area contributed by atoms with Crippen molar-refractivity contribution in [3.8, 4) is 0 Å². The van der Waals surface area contributed by atoms with Crippen LogP contribution in [-0.2, 0) is 4.79 Å². The van der Waals surface area contributed by atoms with Gasteiger partial charge in [0.2, 0.25) is 11.8 Å². The molecule has 5 heteroatoms. The lowest BCUT2D eigenvalue weighted by molar-refractivity contribution is -0.159. The molecule has 0 aromatic heterocycles. The minimum Gasteiger partial charge on any atom is -0.341 e. The smallest absolute Gasteiger partial charge is 0.249 e. The molecule has 0 spiro atoms. The Morgan fingerprint density at radius 3 is 2.36 bits per heavy atom. The van der Waals surface area contributed by atoms with Gasteiger partial charge in [0.25, 0.3) is 0 Å². The van der Waals surface area contributed by atoms with Crippen molar-refractivity contribution in [1.82, 2.24) is 4.90 Å². The van der Waals surface area contributed by atoms with Crippen LogP contribution in [0.3, 0.4) is 0 Å². The van der Waals surface area contributed by atoms with Crippen LogP contribution in [0.4, 0.5) is 8.78 Å². The summed E-state index contributed by atoms with van der Waals surface area (Å²) in [6, 6.07) is 0. The van der Waals surface area contributed by atoms with E-state index in [1.54, 1.807) is 4.90 Å². The molecule has 1 saturated heterocycles. The average Bonchev–Trinajstić information content (AvgIpc) is 2.14. The van der Waals surface area contributed by atoms with E-state index in [9.17, 15) is 13.6 Å². The normalized spacial score (nSPS) is 27.1. The van der Waals surface area contributed by atoms with E-state index in [-0.39, 0.29) is 18.7 Å². The van der Waals surface area contributed by atoms with E-state index in [4.69, 9.17) is 0 Å². The van der Waals surface area contributed by atoms with E-state index >= 15 is 0 Å². The first-order valence-electron chi connectivity index (χ1n) is 4.83. The topological polar surface area (TPSA) is 20.3 Å². The summed E-state index contributed by atoms with van der Waals surface area (Å²) in [4.78, 5) is 13.4. The summed E-state index contributed by atoms with van der Waals surface area (Å²) in [5.74, 6) is -1.17. The van der Waals surface area contributed by atoms with Gasteiger partial charge in [-0.25, -0.2) is 8.78 Å². The molecule has 0 atom stereocenters. The molecule has 1 heterocycles. The van der Waals surface area contributed by atoms with E-state index in [0.29, 0.717) is 0 Å². The number of nitrogens with zero attached hydrogens (tertiary/aromatic N) is 1. The maximum atomic E-state index is 12.5. The molecular formula is C9H13F2NOS. The lowest BCUT2D eigenvalue weighted by Gasteiger charge is -2.38. The zero-order chi connectivity index (χ0) is 10.2. The number of thioether (sulfide) groups is 1. The highest BCUT2D eigenvalue weighted by Crippen LogP contribution is 2.43. The van der Waals surface area contributed by atoms with Crippen LogP contribution in [0.25, 0.3) is 0 Å². The van der Waals surface area contributed by atoms with Gasteiger partial charge in [0.05, 0.1) is 0 Å². The minimum absolute atomic E-state index is 0.0591. The van der Waals surface area contributed by atoms with Crippen LogP contribution in [0.2, 0.25) is 0 Å². The predicted molar refractivity (Wildman–Crippen MR) is 51.6 cm³/mol. The van der Waals surface area contributed by atoms with Gasteiger partial charge in [-0.15, -0.1) is 0 Å².